The Morgan fingerprint density at radius 1 is 0.800 bits per heavy atom. The van der Waals surface area contributed by atoms with Crippen LogP contribution in [0.3, 0.4) is 0 Å². The number of benzene rings is 3. The van der Waals surface area contributed by atoms with Crippen LogP contribution >= 0.6 is 0 Å². The number of Topliss-reactive ketones (excluding diaryl/α,β-unsaturated/α-hetero) is 1. The molecule has 0 spiro atoms. The lowest BCUT2D eigenvalue weighted by Crippen LogP contribution is -2.23. The summed E-state index contributed by atoms with van der Waals surface area (Å²) in [5.41, 5.74) is 1.96. The van der Waals surface area contributed by atoms with Crippen molar-refractivity contribution in [3.05, 3.63) is 83.9 Å². The molecule has 6 heteroatoms. The lowest BCUT2D eigenvalue weighted by Gasteiger charge is -2.20. The summed E-state index contributed by atoms with van der Waals surface area (Å²) in [6.07, 6.45) is -0.864. The van der Waals surface area contributed by atoms with Gasteiger partial charge in [0.2, 0.25) is 0 Å². The molecule has 0 fully saturated rings. The second-order valence-electron chi connectivity index (χ2n) is 8.51. The molecule has 3 aromatic carbocycles. The quantitative estimate of drug-likeness (QED) is 0.192. The number of hydrogen-bond acceptors (Lipinski definition) is 3. The monoisotopic (exact) mass is 484 g/mol. The number of carbonyl (C=O) groups is 1. The van der Waals surface area contributed by atoms with Crippen LogP contribution in [0.15, 0.2) is 72.8 Å². The van der Waals surface area contributed by atoms with Crippen molar-refractivity contribution in [1.82, 2.24) is 0 Å². The van der Waals surface area contributed by atoms with E-state index in [1.54, 1.807) is 43.5 Å². The van der Waals surface area contributed by atoms with Gasteiger partial charge < -0.3 is 9.47 Å². The van der Waals surface area contributed by atoms with E-state index in [1.165, 1.54) is 24.3 Å². The Hall–Kier alpha value is -3.28. The first kappa shape index (κ1) is 26.3. The fourth-order valence-corrected chi connectivity index (χ4v) is 3.87. The van der Waals surface area contributed by atoms with Crippen LogP contribution in [0.5, 0.6) is 11.5 Å². The van der Waals surface area contributed by atoms with Crippen molar-refractivity contribution >= 4 is 5.78 Å². The molecule has 0 bridgehead atoms. The Morgan fingerprint density at radius 3 is 1.91 bits per heavy atom. The summed E-state index contributed by atoms with van der Waals surface area (Å²) >= 11 is 0. The van der Waals surface area contributed by atoms with Crippen molar-refractivity contribution in [3.8, 4) is 22.6 Å². The molecule has 0 heterocycles. The van der Waals surface area contributed by atoms with Gasteiger partial charge in [0.25, 0.3) is 0 Å². The van der Waals surface area contributed by atoms with Crippen LogP contribution in [-0.4, -0.2) is 25.7 Å². The average Bonchev–Trinajstić information content (AvgIpc) is 2.87. The standard InChI is InChI=1S/C29H31F3O3/c1-3-4-5-6-19-35-26-17-13-24(14-18-26)28(33)20-27(29(30,31)32)23-9-7-21(8-10-23)22-11-15-25(34-2)16-12-22/h7-18,27H,3-6,19-20H2,1-2H3. The third-order valence-electron chi connectivity index (χ3n) is 5.96. The summed E-state index contributed by atoms with van der Waals surface area (Å²) in [4.78, 5) is 12.7. The van der Waals surface area contributed by atoms with Gasteiger partial charge in [-0.15, -0.1) is 0 Å². The first-order chi connectivity index (χ1) is 16.8. The molecule has 3 rings (SSSR count). The van der Waals surface area contributed by atoms with E-state index in [2.05, 4.69) is 6.92 Å². The van der Waals surface area contributed by atoms with Gasteiger partial charge in [0.1, 0.15) is 11.5 Å². The van der Waals surface area contributed by atoms with Crippen molar-refractivity contribution in [2.45, 2.75) is 51.1 Å². The van der Waals surface area contributed by atoms with E-state index in [1.807, 2.05) is 12.1 Å². The Bertz CT molecular complexity index is 1060. The zero-order valence-electron chi connectivity index (χ0n) is 20.1. The molecule has 0 N–H and O–H groups in total. The van der Waals surface area contributed by atoms with E-state index < -0.39 is 24.3 Å². The van der Waals surface area contributed by atoms with Crippen LogP contribution in [0.4, 0.5) is 13.2 Å². The lowest BCUT2D eigenvalue weighted by atomic mass is 9.90. The largest absolute Gasteiger partial charge is 0.497 e. The summed E-state index contributed by atoms with van der Waals surface area (Å²) in [6.45, 7) is 2.72. The molecule has 0 saturated heterocycles. The summed E-state index contributed by atoms with van der Waals surface area (Å²) < 4.78 is 52.5. The summed E-state index contributed by atoms with van der Waals surface area (Å²) in [5, 5.41) is 0. The molecule has 0 radical (unpaired) electrons. The van der Waals surface area contributed by atoms with Crippen molar-refractivity contribution in [2.24, 2.45) is 0 Å². The van der Waals surface area contributed by atoms with Crippen molar-refractivity contribution in [2.75, 3.05) is 13.7 Å². The maximum absolute atomic E-state index is 13.9. The zero-order chi connectivity index (χ0) is 25.3. The first-order valence-corrected chi connectivity index (χ1v) is 11.9. The number of rotatable bonds is 12. The highest BCUT2D eigenvalue weighted by atomic mass is 19.4. The minimum atomic E-state index is -4.54. The van der Waals surface area contributed by atoms with E-state index in [0.29, 0.717) is 18.1 Å². The number of hydrogen-bond donors (Lipinski definition) is 0. The minimum absolute atomic E-state index is 0.0649. The average molecular weight is 485 g/mol. The van der Waals surface area contributed by atoms with Crippen LogP contribution < -0.4 is 9.47 Å². The number of carbonyl (C=O) groups excluding carboxylic acids is 1. The van der Waals surface area contributed by atoms with Gasteiger partial charge in [-0.3, -0.25) is 4.79 Å². The smallest absolute Gasteiger partial charge is 0.396 e. The minimum Gasteiger partial charge on any atom is -0.497 e. The molecule has 0 aliphatic heterocycles. The highest BCUT2D eigenvalue weighted by Gasteiger charge is 2.42. The molecular formula is C29H31F3O3. The van der Waals surface area contributed by atoms with Crippen molar-refractivity contribution in [3.63, 3.8) is 0 Å². The highest BCUT2D eigenvalue weighted by Crippen LogP contribution is 2.39. The zero-order valence-corrected chi connectivity index (χ0v) is 20.1. The van der Waals surface area contributed by atoms with Gasteiger partial charge in [-0.2, -0.15) is 13.2 Å². The first-order valence-electron chi connectivity index (χ1n) is 11.9. The van der Waals surface area contributed by atoms with Crippen molar-refractivity contribution < 1.29 is 27.4 Å². The van der Waals surface area contributed by atoms with Crippen LogP contribution in [0.1, 0.15) is 60.9 Å². The summed E-state index contributed by atoms with van der Waals surface area (Å²) in [5.74, 6) is -1.12. The Labute approximate surface area is 204 Å². The SMILES string of the molecule is CCCCCCOc1ccc(C(=O)CC(c2ccc(-c3ccc(OC)cc3)cc2)C(F)(F)F)cc1. The van der Waals surface area contributed by atoms with Gasteiger partial charge in [-0.05, 0) is 59.5 Å². The predicted molar refractivity (Wildman–Crippen MR) is 132 cm³/mol. The van der Waals surface area contributed by atoms with Gasteiger partial charge in [0.05, 0.1) is 19.6 Å². The maximum Gasteiger partial charge on any atom is 0.396 e. The molecule has 0 aliphatic rings. The number of ether oxygens (including phenoxy) is 2. The third-order valence-corrected chi connectivity index (χ3v) is 5.96. The van der Waals surface area contributed by atoms with Gasteiger partial charge in [0.15, 0.2) is 5.78 Å². The molecule has 35 heavy (non-hydrogen) atoms. The van der Waals surface area contributed by atoms with Crippen LogP contribution in [0.2, 0.25) is 0 Å². The van der Waals surface area contributed by atoms with E-state index in [0.717, 1.165) is 36.8 Å². The van der Waals surface area contributed by atoms with Crippen LogP contribution in [0.25, 0.3) is 11.1 Å². The molecule has 3 aromatic rings. The molecule has 0 aliphatic carbocycles. The van der Waals surface area contributed by atoms with Gasteiger partial charge >= 0.3 is 6.18 Å². The number of alkyl halides is 3. The fraction of sp³-hybridized carbons (Fsp3) is 0.345. The lowest BCUT2D eigenvalue weighted by molar-refractivity contribution is -0.149. The summed E-state index contributed by atoms with van der Waals surface area (Å²) in [6, 6.07) is 19.8. The highest BCUT2D eigenvalue weighted by molar-refractivity contribution is 5.96. The Kier molecular flexibility index (Phi) is 9.35. The molecule has 0 saturated carbocycles. The molecule has 1 unspecified atom stereocenters. The Balaban J connectivity index is 1.67. The number of ketones is 1. The van der Waals surface area contributed by atoms with Gasteiger partial charge in [-0.25, -0.2) is 0 Å². The van der Waals surface area contributed by atoms with Crippen LogP contribution in [0, 0.1) is 0 Å². The Morgan fingerprint density at radius 2 is 1.37 bits per heavy atom. The normalized spacial score (nSPS) is 12.3. The third kappa shape index (κ3) is 7.61. The van der Waals surface area contributed by atoms with Gasteiger partial charge in [0, 0.05) is 12.0 Å². The van der Waals surface area contributed by atoms with Crippen molar-refractivity contribution in [1.29, 1.82) is 0 Å². The second-order valence-corrected chi connectivity index (χ2v) is 8.51. The second kappa shape index (κ2) is 12.4. The summed E-state index contributed by atoms with van der Waals surface area (Å²) in [7, 11) is 1.57. The topological polar surface area (TPSA) is 35.5 Å². The molecule has 3 nitrogen and oxygen atoms in total. The molecule has 1 atom stereocenters. The number of halogens is 3. The molecule has 0 amide bonds. The maximum atomic E-state index is 13.9. The van der Waals surface area contributed by atoms with E-state index in [-0.39, 0.29) is 11.1 Å². The number of unbranched alkanes of at least 4 members (excludes halogenated alkanes) is 3. The van der Waals surface area contributed by atoms with Crippen LogP contribution in [-0.2, 0) is 0 Å². The van der Waals surface area contributed by atoms with Gasteiger partial charge in [-0.1, -0.05) is 62.6 Å². The van der Waals surface area contributed by atoms with E-state index in [4.69, 9.17) is 9.47 Å². The molecule has 186 valence electrons. The predicted octanol–water partition coefficient (Wildman–Crippen LogP) is 8.24. The number of methoxy groups -OCH3 is 1. The molecular weight excluding hydrogens is 453 g/mol. The van der Waals surface area contributed by atoms with E-state index >= 15 is 0 Å². The fourth-order valence-electron chi connectivity index (χ4n) is 3.87. The van der Waals surface area contributed by atoms with E-state index in [9.17, 15) is 18.0 Å². The molecule has 0 aromatic heterocycles.